The summed E-state index contributed by atoms with van der Waals surface area (Å²) in [5, 5.41) is 13.6. The fourth-order valence-corrected chi connectivity index (χ4v) is 4.84. The van der Waals surface area contributed by atoms with Gasteiger partial charge in [-0.2, -0.15) is 27.2 Å². The molecule has 0 fully saturated rings. The summed E-state index contributed by atoms with van der Waals surface area (Å²) in [6.45, 7) is 1.43. The van der Waals surface area contributed by atoms with E-state index in [-0.39, 0.29) is 22.7 Å². The van der Waals surface area contributed by atoms with Crippen LogP contribution in [0.15, 0.2) is 56.9 Å². The van der Waals surface area contributed by atoms with Gasteiger partial charge >= 0.3 is 0 Å². The first kappa shape index (κ1) is 24.0. The summed E-state index contributed by atoms with van der Waals surface area (Å²) < 4.78 is 72.4. The molecule has 2 aromatic carbocycles. The summed E-state index contributed by atoms with van der Waals surface area (Å²) in [6.07, 6.45) is 0. The Labute approximate surface area is 198 Å². The molecular formula is C20H15N5O8S2. The van der Waals surface area contributed by atoms with Crippen molar-refractivity contribution in [1.29, 1.82) is 5.26 Å². The summed E-state index contributed by atoms with van der Waals surface area (Å²) >= 11 is 0. The smallest absolute Gasteiger partial charge is 0.298 e. The second-order valence-electron chi connectivity index (χ2n) is 7.20. The molecule has 0 aliphatic carbocycles. The summed E-state index contributed by atoms with van der Waals surface area (Å²) in [6, 6.07) is 9.94. The van der Waals surface area contributed by atoms with Gasteiger partial charge in [-0.05, 0) is 25.1 Å². The van der Waals surface area contributed by atoms with Crippen molar-refractivity contribution in [2.24, 2.45) is 5.10 Å². The Morgan fingerprint density at radius 1 is 1.11 bits per heavy atom. The van der Waals surface area contributed by atoms with E-state index in [4.69, 9.17) is 4.74 Å². The van der Waals surface area contributed by atoms with E-state index in [0.29, 0.717) is 23.2 Å². The van der Waals surface area contributed by atoms with E-state index in [0.717, 1.165) is 7.11 Å². The number of allylic oxidation sites excluding steroid dienone is 2. The van der Waals surface area contributed by atoms with Crippen molar-refractivity contribution in [2.45, 2.75) is 16.7 Å². The van der Waals surface area contributed by atoms with Crippen molar-refractivity contribution in [3.63, 3.8) is 0 Å². The number of nitrogens with one attached hydrogen (secondary N) is 1. The highest BCUT2D eigenvalue weighted by molar-refractivity contribution is 7.86. The predicted octanol–water partition coefficient (Wildman–Crippen LogP) is 1.96. The number of carbonyl (C=O) groups is 1. The van der Waals surface area contributed by atoms with Gasteiger partial charge in [0.05, 0.1) is 23.8 Å². The quantitative estimate of drug-likeness (QED) is 0.330. The minimum Gasteiger partial charge on any atom is -0.495 e. The lowest BCUT2D eigenvalue weighted by Crippen LogP contribution is -2.30. The number of para-hydroxylation sites is 2. The van der Waals surface area contributed by atoms with Crippen LogP contribution < -0.4 is 10.2 Å². The number of hydrazone groups is 1. The number of nitriles is 1. The minimum atomic E-state index is -4.94. The maximum absolute atomic E-state index is 13.3. The third-order valence-electron chi connectivity index (χ3n) is 5.14. The molecule has 0 saturated heterocycles. The van der Waals surface area contributed by atoms with Crippen LogP contribution in [0.2, 0.25) is 0 Å². The lowest BCUT2D eigenvalue weighted by Gasteiger charge is -2.18. The largest absolute Gasteiger partial charge is 0.495 e. The number of benzene rings is 2. The molecule has 0 bridgehead atoms. The van der Waals surface area contributed by atoms with Crippen LogP contribution in [0.25, 0.3) is 16.6 Å². The van der Waals surface area contributed by atoms with E-state index < -0.39 is 47.4 Å². The van der Waals surface area contributed by atoms with Gasteiger partial charge in [0, 0.05) is 11.6 Å². The van der Waals surface area contributed by atoms with Crippen molar-refractivity contribution >= 4 is 54.1 Å². The third kappa shape index (κ3) is 4.04. The van der Waals surface area contributed by atoms with Crippen LogP contribution >= 0.6 is 0 Å². The Morgan fingerprint density at radius 3 is 2.37 bits per heavy atom. The van der Waals surface area contributed by atoms with Gasteiger partial charge in [-0.15, -0.1) is 0 Å². The van der Waals surface area contributed by atoms with Gasteiger partial charge in [0.15, 0.2) is 11.5 Å². The Kier molecular flexibility index (Phi) is 5.69. The number of fused-ring (bicyclic) bond motifs is 3. The zero-order valence-corrected chi connectivity index (χ0v) is 19.5. The Balaban J connectivity index is 1.92. The average Bonchev–Trinajstić information content (AvgIpc) is 3.17. The van der Waals surface area contributed by atoms with Gasteiger partial charge in [-0.25, -0.2) is 4.98 Å². The van der Waals surface area contributed by atoms with E-state index in [9.17, 15) is 36.0 Å². The number of anilines is 1. The molecule has 180 valence electrons. The second kappa shape index (κ2) is 8.29. The summed E-state index contributed by atoms with van der Waals surface area (Å²) in [5.41, 5.74) is 2.36. The van der Waals surface area contributed by atoms with Crippen LogP contribution in [0.5, 0.6) is 5.75 Å². The number of rotatable bonds is 5. The lowest BCUT2D eigenvalue weighted by molar-refractivity contribution is 0.0992. The van der Waals surface area contributed by atoms with Crippen LogP contribution in [0.3, 0.4) is 0 Å². The molecule has 1 aliphatic heterocycles. The van der Waals surface area contributed by atoms with Gasteiger partial charge in [0.1, 0.15) is 27.2 Å². The molecule has 4 rings (SSSR count). The van der Waals surface area contributed by atoms with E-state index in [1.807, 2.05) is 6.07 Å². The Bertz CT molecular complexity index is 1750. The van der Waals surface area contributed by atoms with E-state index in [1.165, 1.54) is 11.5 Å². The van der Waals surface area contributed by atoms with E-state index in [2.05, 4.69) is 15.5 Å². The molecule has 3 aromatic rings. The SMILES string of the molecule is COc1cc(S(=O)(=O)O)c(N/N=C2/C(=O)n3c(nc4ccccc43)C(C#N)=C2C)cc1S(=O)(=O)O. The van der Waals surface area contributed by atoms with Gasteiger partial charge < -0.3 is 4.74 Å². The molecular weight excluding hydrogens is 502 g/mol. The molecule has 35 heavy (non-hydrogen) atoms. The van der Waals surface area contributed by atoms with Crippen molar-refractivity contribution in [3.8, 4) is 11.8 Å². The minimum absolute atomic E-state index is 0.0321. The normalized spacial score (nSPS) is 15.3. The summed E-state index contributed by atoms with van der Waals surface area (Å²) in [7, 11) is -8.81. The average molecular weight is 518 g/mol. The predicted molar refractivity (Wildman–Crippen MR) is 122 cm³/mol. The topological polar surface area (TPSA) is 201 Å². The third-order valence-corrected chi connectivity index (χ3v) is 6.91. The molecule has 0 radical (unpaired) electrons. The molecule has 2 heterocycles. The Hall–Kier alpha value is -4.10. The van der Waals surface area contributed by atoms with Crippen molar-refractivity contribution in [3.05, 3.63) is 47.8 Å². The van der Waals surface area contributed by atoms with Crippen molar-refractivity contribution in [2.75, 3.05) is 12.5 Å². The number of aromatic nitrogens is 2. The van der Waals surface area contributed by atoms with E-state index in [1.54, 1.807) is 24.3 Å². The standard InChI is InChI=1S/C20H15N5O8S2/c1-10-11(9-21)19-22-12-5-3-4-6-14(12)25(19)20(26)18(10)24-23-13-7-17(35(30,31)32)15(33-2)8-16(13)34(27,28)29/h3-8,23H,1-2H3,(H,27,28,29)(H,30,31,32)/b24-18+. The molecule has 0 unspecified atom stereocenters. The van der Waals surface area contributed by atoms with Gasteiger partial charge in [0.25, 0.3) is 26.1 Å². The molecule has 13 nitrogen and oxygen atoms in total. The first-order valence-electron chi connectivity index (χ1n) is 9.53. The Morgan fingerprint density at radius 2 is 1.77 bits per heavy atom. The number of nitrogens with zero attached hydrogens (tertiary/aromatic N) is 4. The van der Waals surface area contributed by atoms with Gasteiger partial charge in [-0.1, -0.05) is 12.1 Å². The van der Waals surface area contributed by atoms with Gasteiger partial charge in [0.2, 0.25) is 0 Å². The number of imidazole rings is 1. The fourth-order valence-electron chi connectivity index (χ4n) is 3.54. The van der Waals surface area contributed by atoms with Crippen LogP contribution in [0, 0.1) is 11.3 Å². The number of methoxy groups -OCH3 is 1. The van der Waals surface area contributed by atoms with Crippen molar-refractivity contribution in [1.82, 2.24) is 9.55 Å². The van der Waals surface area contributed by atoms with Crippen LogP contribution in [0.4, 0.5) is 5.69 Å². The van der Waals surface area contributed by atoms with Gasteiger partial charge in [-0.3, -0.25) is 23.9 Å². The number of ether oxygens (including phenoxy) is 1. The molecule has 0 atom stereocenters. The monoisotopic (exact) mass is 517 g/mol. The first-order chi connectivity index (χ1) is 16.4. The molecule has 15 heteroatoms. The van der Waals surface area contributed by atoms with E-state index >= 15 is 0 Å². The van der Waals surface area contributed by atoms with Crippen LogP contribution in [-0.2, 0) is 20.2 Å². The molecule has 1 aromatic heterocycles. The van der Waals surface area contributed by atoms with Crippen LogP contribution in [0.1, 0.15) is 17.5 Å². The number of hydrogen-bond acceptors (Lipinski definition) is 10. The maximum atomic E-state index is 13.3. The molecule has 0 saturated carbocycles. The second-order valence-corrected chi connectivity index (χ2v) is 9.98. The first-order valence-corrected chi connectivity index (χ1v) is 12.4. The van der Waals surface area contributed by atoms with Crippen LogP contribution in [-0.4, -0.2) is 54.2 Å². The van der Waals surface area contributed by atoms with Crippen molar-refractivity contribution < 1.29 is 35.5 Å². The highest BCUT2D eigenvalue weighted by atomic mass is 32.2. The maximum Gasteiger partial charge on any atom is 0.298 e. The number of hydrogen-bond donors (Lipinski definition) is 3. The molecule has 3 N–H and O–H groups in total. The zero-order chi connectivity index (χ0) is 25.7. The highest BCUT2D eigenvalue weighted by Gasteiger charge is 2.32. The fraction of sp³-hybridized carbons (Fsp3) is 0.100. The molecule has 0 amide bonds. The highest BCUT2D eigenvalue weighted by Crippen LogP contribution is 2.34. The summed E-state index contributed by atoms with van der Waals surface area (Å²) in [5.74, 6) is -1.16. The number of carbonyl (C=O) groups excluding carboxylic acids is 1. The summed E-state index contributed by atoms with van der Waals surface area (Å²) in [4.78, 5) is 15.9. The molecule has 0 spiro atoms. The zero-order valence-electron chi connectivity index (χ0n) is 17.9. The molecule has 1 aliphatic rings. The lowest BCUT2D eigenvalue weighted by atomic mass is 10.0.